The highest BCUT2D eigenvalue weighted by Gasteiger charge is 2.32. The van der Waals surface area contributed by atoms with Crippen molar-refractivity contribution < 1.29 is 4.79 Å². The smallest absolute Gasteiger partial charge is 0.227 e. The summed E-state index contributed by atoms with van der Waals surface area (Å²) in [5.74, 6) is 1.49. The summed E-state index contributed by atoms with van der Waals surface area (Å²) >= 11 is 0. The van der Waals surface area contributed by atoms with Crippen LogP contribution in [0, 0.1) is 11.8 Å². The van der Waals surface area contributed by atoms with E-state index in [0.29, 0.717) is 5.92 Å². The van der Waals surface area contributed by atoms with Gasteiger partial charge < -0.3 is 5.32 Å². The fourth-order valence-corrected chi connectivity index (χ4v) is 2.81. The number of pyridine rings is 1. The molecule has 1 fully saturated rings. The van der Waals surface area contributed by atoms with Crippen molar-refractivity contribution in [3.05, 3.63) is 48.9 Å². The van der Waals surface area contributed by atoms with Crippen molar-refractivity contribution in [2.75, 3.05) is 5.32 Å². The van der Waals surface area contributed by atoms with Gasteiger partial charge in [-0.2, -0.15) is 0 Å². The maximum atomic E-state index is 12.1. The van der Waals surface area contributed by atoms with Crippen molar-refractivity contribution in [3.8, 4) is 5.82 Å². The predicted octanol–water partition coefficient (Wildman–Crippen LogP) is 3.41. The van der Waals surface area contributed by atoms with E-state index < -0.39 is 0 Å². The van der Waals surface area contributed by atoms with Crippen LogP contribution in [0.15, 0.2) is 48.9 Å². The molecule has 1 amide bonds. The number of carbonyl (C=O) groups is 1. The number of para-hydroxylation sites is 2. The van der Waals surface area contributed by atoms with E-state index in [-0.39, 0.29) is 11.8 Å². The van der Waals surface area contributed by atoms with Crippen molar-refractivity contribution >= 4 is 22.6 Å². The van der Waals surface area contributed by atoms with E-state index in [2.05, 4.69) is 15.3 Å². The molecule has 1 N–H and O–H groups in total. The monoisotopic (exact) mass is 306 g/mol. The van der Waals surface area contributed by atoms with Crippen molar-refractivity contribution in [3.63, 3.8) is 0 Å². The summed E-state index contributed by atoms with van der Waals surface area (Å²) in [6, 6.07) is 11.7. The minimum Gasteiger partial charge on any atom is -0.324 e. The summed E-state index contributed by atoms with van der Waals surface area (Å²) in [6.07, 6.45) is 5.79. The maximum absolute atomic E-state index is 12.1. The lowest BCUT2D eigenvalue weighted by Gasteiger charge is -2.11. The van der Waals surface area contributed by atoms with Gasteiger partial charge in [-0.3, -0.25) is 9.36 Å². The van der Waals surface area contributed by atoms with Crippen LogP contribution in [0.3, 0.4) is 0 Å². The average molecular weight is 306 g/mol. The highest BCUT2D eigenvalue weighted by molar-refractivity contribution is 5.92. The molecule has 1 atom stereocenters. The van der Waals surface area contributed by atoms with Crippen molar-refractivity contribution in [1.29, 1.82) is 0 Å². The molecule has 0 saturated heterocycles. The number of benzene rings is 1. The fourth-order valence-electron chi connectivity index (χ4n) is 2.81. The number of carbonyl (C=O) groups excluding carboxylic acids is 1. The molecule has 116 valence electrons. The Hall–Kier alpha value is -2.69. The lowest BCUT2D eigenvalue weighted by atomic mass is 10.1. The van der Waals surface area contributed by atoms with Gasteiger partial charge in [0.2, 0.25) is 5.91 Å². The van der Waals surface area contributed by atoms with Gasteiger partial charge in [0.25, 0.3) is 0 Å². The molecule has 5 nitrogen and oxygen atoms in total. The van der Waals surface area contributed by atoms with Crippen LogP contribution in [0.5, 0.6) is 0 Å². The SMILES string of the molecule is CC(C(=O)Nc1ccc(-n2cnc3ccccc32)nc1)C1CC1. The zero-order valence-corrected chi connectivity index (χ0v) is 12.9. The second kappa shape index (κ2) is 5.50. The molecule has 1 aliphatic rings. The average Bonchev–Trinajstić information content (AvgIpc) is 3.34. The second-order valence-electron chi connectivity index (χ2n) is 6.12. The largest absolute Gasteiger partial charge is 0.324 e. The predicted molar refractivity (Wildman–Crippen MR) is 89.4 cm³/mol. The highest BCUT2D eigenvalue weighted by atomic mass is 16.1. The van der Waals surface area contributed by atoms with E-state index in [0.717, 1.165) is 22.5 Å². The third-order valence-electron chi connectivity index (χ3n) is 4.46. The zero-order chi connectivity index (χ0) is 15.8. The number of aromatic nitrogens is 3. The molecule has 1 saturated carbocycles. The molecule has 23 heavy (non-hydrogen) atoms. The van der Waals surface area contributed by atoms with Crippen LogP contribution in [-0.2, 0) is 4.79 Å². The van der Waals surface area contributed by atoms with Gasteiger partial charge in [0.05, 0.1) is 22.9 Å². The third kappa shape index (κ3) is 2.70. The van der Waals surface area contributed by atoms with Gasteiger partial charge in [-0.1, -0.05) is 19.1 Å². The molecule has 0 spiro atoms. The Kier molecular flexibility index (Phi) is 3.33. The molecule has 2 aromatic heterocycles. The van der Waals surface area contributed by atoms with Crippen molar-refractivity contribution in [1.82, 2.24) is 14.5 Å². The molecule has 0 radical (unpaired) electrons. The number of anilines is 1. The first-order valence-corrected chi connectivity index (χ1v) is 7.92. The van der Waals surface area contributed by atoms with E-state index in [4.69, 9.17) is 0 Å². The van der Waals surface area contributed by atoms with Gasteiger partial charge >= 0.3 is 0 Å². The molecule has 0 aliphatic heterocycles. The van der Waals surface area contributed by atoms with E-state index in [9.17, 15) is 4.79 Å². The Morgan fingerprint density at radius 2 is 2.04 bits per heavy atom. The number of nitrogens with one attached hydrogen (secondary N) is 1. The quantitative estimate of drug-likeness (QED) is 0.803. The molecule has 1 aliphatic carbocycles. The maximum Gasteiger partial charge on any atom is 0.227 e. The lowest BCUT2D eigenvalue weighted by molar-refractivity contribution is -0.119. The fraction of sp³-hybridized carbons (Fsp3) is 0.278. The lowest BCUT2D eigenvalue weighted by Crippen LogP contribution is -2.21. The molecule has 0 bridgehead atoms. The van der Waals surface area contributed by atoms with E-state index in [1.807, 2.05) is 47.9 Å². The van der Waals surface area contributed by atoms with Gasteiger partial charge in [-0.25, -0.2) is 9.97 Å². The van der Waals surface area contributed by atoms with E-state index in [1.54, 1.807) is 12.5 Å². The van der Waals surface area contributed by atoms with Crippen LogP contribution < -0.4 is 5.32 Å². The Morgan fingerprint density at radius 3 is 2.78 bits per heavy atom. The molecular formula is C18H18N4O. The topological polar surface area (TPSA) is 59.8 Å². The third-order valence-corrected chi connectivity index (χ3v) is 4.46. The van der Waals surface area contributed by atoms with Crippen molar-refractivity contribution in [2.45, 2.75) is 19.8 Å². The first-order chi connectivity index (χ1) is 11.2. The minimum atomic E-state index is 0.0762. The van der Waals surface area contributed by atoms with Gasteiger partial charge in [-0.15, -0.1) is 0 Å². The molecule has 4 rings (SSSR count). The molecule has 1 unspecified atom stereocenters. The Bertz CT molecular complexity index is 849. The summed E-state index contributed by atoms with van der Waals surface area (Å²) in [4.78, 5) is 20.9. The van der Waals surface area contributed by atoms with E-state index >= 15 is 0 Å². The first kappa shape index (κ1) is 13.9. The highest BCUT2D eigenvalue weighted by Crippen LogP contribution is 2.37. The summed E-state index contributed by atoms with van der Waals surface area (Å²) in [7, 11) is 0. The summed E-state index contributed by atoms with van der Waals surface area (Å²) in [5, 5.41) is 2.95. The number of hydrogen-bond acceptors (Lipinski definition) is 3. The van der Waals surface area contributed by atoms with Gasteiger partial charge in [-0.05, 0) is 43.0 Å². The van der Waals surface area contributed by atoms with Crippen LogP contribution in [0.4, 0.5) is 5.69 Å². The molecule has 1 aromatic carbocycles. The number of fused-ring (bicyclic) bond motifs is 1. The summed E-state index contributed by atoms with van der Waals surface area (Å²) in [5.41, 5.74) is 2.68. The Balaban J connectivity index is 1.54. The molecule has 3 aromatic rings. The number of rotatable bonds is 4. The zero-order valence-electron chi connectivity index (χ0n) is 12.9. The van der Waals surface area contributed by atoms with Crippen LogP contribution >= 0.6 is 0 Å². The van der Waals surface area contributed by atoms with Crippen LogP contribution in [0.2, 0.25) is 0 Å². The van der Waals surface area contributed by atoms with E-state index in [1.165, 1.54) is 12.8 Å². The second-order valence-corrected chi connectivity index (χ2v) is 6.12. The van der Waals surface area contributed by atoms with Crippen molar-refractivity contribution in [2.24, 2.45) is 11.8 Å². The Morgan fingerprint density at radius 1 is 1.22 bits per heavy atom. The summed E-state index contributed by atoms with van der Waals surface area (Å²) < 4.78 is 1.94. The number of amides is 1. The number of imidazole rings is 1. The minimum absolute atomic E-state index is 0.0762. The standard InChI is InChI=1S/C18H18N4O/c1-12(13-6-7-13)18(23)21-14-8-9-17(19-10-14)22-11-20-15-4-2-3-5-16(15)22/h2-5,8-13H,6-7H2,1H3,(H,21,23). The van der Waals surface area contributed by atoms with Gasteiger partial charge in [0, 0.05) is 5.92 Å². The van der Waals surface area contributed by atoms with Crippen LogP contribution in [-0.4, -0.2) is 20.4 Å². The summed E-state index contributed by atoms with van der Waals surface area (Å²) in [6.45, 7) is 1.99. The molecular weight excluding hydrogens is 288 g/mol. The first-order valence-electron chi connectivity index (χ1n) is 7.92. The Labute approximate surface area is 134 Å². The van der Waals surface area contributed by atoms with Gasteiger partial charge in [0.1, 0.15) is 12.1 Å². The number of nitrogens with zero attached hydrogens (tertiary/aromatic N) is 3. The normalized spacial score (nSPS) is 15.5. The number of hydrogen-bond donors (Lipinski definition) is 1. The van der Waals surface area contributed by atoms with Gasteiger partial charge in [0.15, 0.2) is 0 Å². The molecule has 2 heterocycles. The molecule has 5 heteroatoms. The van der Waals surface area contributed by atoms with Crippen LogP contribution in [0.1, 0.15) is 19.8 Å². The van der Waals surface area contributed by atoms with Crippen LogP contribution in [0.25, 0.3) is 16.9 Å².